The summed E-state index contributed by atoms with van der Waals surface area (Å²) in [6.07, 6.45) is 0.826. The van der Waals surface area contributed by atoms with Gasteiger partial charge in [-0.25, -0.2) is 0 Å². The minimum atomic E-state index is -0.367. The van der Waals surface area contributed by atoms with Gasteiger partial charge in [-0.2, -0.15) is 0 Å². The molecule has 0 amide bonds. The number of nitro groups is 1. The zero-order valence-corrected chi connectivity index (χ0v) is 12.9. The van der Waals surface area contributed by atoms with E-state index in [1.54, 1.807) is 19.1 Å². The molecule has 1 heterocycles. The highest BCUT2D eigenvalue weighted by Gasteiger charge is 2.12. The Morgan fingerprint density at radius 3 is 2.65 bits per heavy atom. The third kappa shape index (κ3) is 3.53. The van der Waals surface area contributed by atoms with Crippen molar-refractivity contribution in [3.8, 4) is 11.5 Å². The number of benzene rings is 2. The summed E-state index contributed by atoms with van der Waals surface area (Å²) in [4.78, 5) is 10.4. The second kappa shape index (κ2) is 6.56. The second-order valence-corrected chi connectivity index (χ2v) is 5.41. The van der Waals surface area contributed by atoms with E-state index in [1.807, 2.05) is 18.2 Å². The molecule has 1 N–H and O–H groups in total. The van der Waals surface area contributed by atoms with Crippen LogP contribution in [-0.2, 0) is 6.42 Å². The van der Waals surface area contributed by atoms with Crippen LogP contribution in [0, 0.1) is 17.0 Å². The van der Waals surface area contributed by atoms with Gasteiger partial charge in [0.15, 0.2) is 11.5 Å². The van der Waals surface area contributed by atoms with Gasteiger partial charge in [-0.3, -0.25) is 10.1 Å². The molecular weight excluding hydrogens is 296 g/mol. The number of rotatable bonds is 5. The molecule has 0 fully saturated rings. The lowest BCUT2D eigenvalue weighted by Crippen LogP contribution is -2.15. The maximum Gasteiger partial charge on any atom is 0.272 e. The third-order valence-corrected chi connectivity index (χ3v) is 3.74. The third-order valence-electron chi connectivity index (χ3n) is 3.74. The Bertz CT molecular complexity index is 731. The molecule has 23 heavy (non-hydrogen) atoms. The molecular formula is C17H18N2O4. The van der Waals surface area contributed by atoms with Crippen molar-refractivity contribution in [1.29, 1.82) is 0 Å². The van der Waals surface area contributed by atoms with E-state index in [2.05, 4.69) is 5.32 Å². The van der Waals surface area contributed by atoms with E-state index >= 15 is 0 Å². The topological polar surface area (TPSA) is 73.6 Å². The molecule has 2 aromatic carbocycles. The maximum absolute atomic E-state index is 10.8. The zero-order chi connectivity index (χ0) is 16.2. The summed E-state index contributed by atoms with van der Waals surface area (Å²) in [5, 5.41) is 14.1. The van der Waals surface area contributed by atoms with Crippen molar-refractivity contribution in [3.05, 3.63) is 57.6 Å². The van der Waals surface area contributed by atoms with Crippen LogP contribution in [0.4, 0.5) is 11.4 Å². The average Bonchev–Trinajstić information content (AvgIpc) is 2.54. The van der Waals surface area contributed by atoms with E-state index in [-0.39, 0.29) is 10.6 Å². The van der Waals surface area contributed by atoms with Gasteiger partial charge in [0, 0.05) is 23.9 Å². The summed E-state index contributed by atoms with van der Waals surface area (Å²) in [5.41, 5.74) is 2.83. The van der Waals surface area contributed by atoms with Crippen LogP contribution in [0.25, 0.3) is 0 Å². The van der Waals surface area contributed by atoms with Gasteiger partial charge in [-0.15, -0.1) is 0 Å². The highest BCUT2D eigenvalue weighted by atomic mass is 16.6. The molecule has 0 atom stereocenters. The van der Waals surface area contributed by atoms with Crippen LogP contribution in [-0.4, -0.2) is 24.7 Å². The molecule has 120 valence electrons. The first-order chi connectivity index (χ1) is 11.1. The van der Waals surface area contributed by atoms with Gasteiger partial charge in [0.25, 0.3) is 5.69 Å². The molecule has 1 aliphatic rings. The van der Waals surface area contributed by atoms with E-state index in [1.165, 1.54) is 6.07 Å². The van der Waals surface area contributed by atoms with Crippen LogP contribution < -0.4 is 14.8 Å². The molecule has 2 aromatic rings. The Balaban J connectivity index is 1.59. The Morgan fingerprint density at radius 2 is 1.91 bits per heavy atom. The minimum absolute atomic E-state index is 0.141. The minimum Gasteiger partial charge on any atom is -0.486 e. The number of hydrogen-bond acceptors (Lipinski definition) is 5. The van der Waals surface area contributed by atoms with Crippen molar-refractivity contribution < 1.29 is 14.4 Å². The Kier molecular flexibility index (Phi) is 4.32. The van der Waals surface area contributed by atoms with Gasteiger partial charge < -0.3 is 14.8 Å². The summed E-state index contributed by atoms with van der Waals surface area (Å²) in [6.45, 7) is 3.64. The molecule has 0 spiro atoms. The van der Waals surface area contributed by atoms with Gasteiger partial charge in [0.05, 0.1) is 4.92 Å². The normalized spacial score (nSPS) is 12.7. The van der Waals surface area contributed by atoms with Crippen molar-refractivity contribution in [3.63, 3.8) is 0 Å². The van der Waals surface area contributed by atoms with Crippen LogP contribution >= 0.6 is 0 Å². The highest BCUT2D eigenvalue weighted by molar-refractivity contribution is 5.53. The number of hydrogen-bond donors (Lipinski definition) is 1. The van der Waals surface area contributed by atoms with Crippen LogP contribution in [0.1, 0.15) is 11.1 Å². The molecule has 0 aliphatic carbocycles. The van der Waals surface area contributed by atoms with Gasteiger partial charge >= 0.3 is 0 Å². The standard InChI is InChI=1S/C17H18N2O4/c1-12-10-14(3-4-15(12)19(20)21)18-7-6-13-2-5-16-17(11-13)23-9-8-22-16/h2-5,10-11,18H,6-9H2,1H3. The maximum atomic E-state index is 10.8. The lowest BCUT2D eigenvalue weighted by Gasteiger charge is -2.19. The molecule has 0 bridgehead atoms. The summed E-state index contributed by atoms with van der Waals surface area (Å²) < 4.78 is 11.1. The molecule has 6 nitrogen and oxygen atoms in total. The fraction of sp³-hybridized carbons (Fsp3) is 0.294. The average molecular weight is 314 g/mol. The Morgan fingerprint density at radius 1 is 1.13 bits per heavy atom. The first kappa shape index (κ1) is 15.1. The second-order valence-electron chi connectivity index (χ2n) is 5.41. The number of aryl methyl sites for hydroxylation is 1. The summed E-state index contributed by atoms with van der Waals surface area (Å²) in [6, 6.07) is 11.0. The molecule has 6 heteroatoms. The van der Waals surface area contributed by atoms with E-state index < -0.39 is 0 Å². The van der Waals surface area contributed by atoms with E-state index in [0.29, 0.717) is 18.8 Å². The fourth-order valence-corrected chi connectivity index (χ4v) is 2.56. The molecule has 0 saturated carbocycles. The van der Waals surface area contributed by atoms with Gasteiger partial charge in [-0.05, 0) is 43.2 Å². The van der Waals surface area contributed by atoms with E-state index in [0.717, 1.165) is 35.7 Å². The fourth-order valence-electron chi connectivity index (χ4n) is 2.56. The smallest absolute Gasteiger partial charge is 0.272 e. The molecule has 0 radical (unpaired) electrons. The van der Waals surface area contributed by atoms with Crippen LogP contribution in [0.3, 0.4) is 0 Å². The van der Waals surface area contributed by atoms with Crippen molar-refractivity contribution in [2.24, 2.45) is 0 Å². The van der Waals surface area contributed by atoms with Crippen molar-refractivity contribution in [2.75, 3.05) is 25.1 Å². The number of nitrogens with zero attached hydrogens (tertiary/aromatic N) is 1. The lowest BCUT2D eigenvalue weighted by atomic mass is 10.1. The predicted octanol–water partition coefficient (Wildman–Crippen LogP) is 3.33. The van der Waals surface area contributed by atoms with Crippen LogP contribution in [0.15, 0.2) is 36.4 Å². The number of fused-ring (bicyclic) bond motifs is 1. The Labute approximate surface area is 134 Å². The van der Waals surface area contributed by atoms with Gasteiger partial charge in [0.1, 0.15) is 13.2 Å². The highest BCUT2D eigenvalue weighted by Crippen LogP contribution is 2.30. The molecule has 0 aromatic heterocycles. The summed E-state index contributed by atoms with van der Waals surface area (Å²) in [5.74, 6) is 1.58. The number of nitro benzene ring substituents is 1. The summed E-state index contributed by atoms with van der Waals surface area (Å²) >= 11 is 0. The van der Waals surface area contributed by atoms with Gasteiger partial charge in [-0.1, -0.05) is 6.07 Å². The predicted molar refractivity (Wildman–Crippen MR) is 87.5 cm³/mol. The SMILES string of the molecule is Cc1cc(NCCc2ccc3c(c2)OCCO3)ccc1[N+](=O)[O-]. The quantitative estimate of drug-likeness (QED) is 0.677. The first-order valence-electron chi connectivity index (χ1n) is 7.51. The van der Waals surface area contributed by atoms with E-state index in [9.17, 15) is 10.1 Å². The van der Waals surface area contributed by atoms with E-state index in [4.69, 9.17) is 9.47 Å². The Hall–Kier alpha value is -2.76. The number of ether oxygens (including phenoxy) is 2. The zero-order valence-electron chi connectivity index (χ0n) is 12.9. The molecule has 3 rings (SSSR count). The molecule has 1 aliphatic heterocycles. The first-order valence-corrected chi connectivity index (χ1v) is 7.51. The lowest BCUT2D eigenvalue weighted by molar-refractivity contribution is -0.385. The van der Waals surface area contributed by atoms with Crippen molar-refractivity contribution in [1.82, 2.24) is 0 Å². The number of anilines is 1. The van der Waals surface area contributed by atoms with Crippen molar-refractivity contribution in [2.45, 2.75) is 13.3 Å². The molecule has 0 unspecified atom stereocenters. The monoisotopic (exact) mass is 314 g/mol. The van der Waals surface area contributed by atoms with Crippen LogP contribution in [0.2, 0.25) is 0 Å². The summed E-state index contributed by atoms with van der Waals surface area (Å²) in [7, 11) is 0. The van der Waals surface area contributed by atoms with Crippen LogP contribution in [0.5, 0.6) is 11.5 Å². The molecule has 0 saturated heterocycles. The largest absolute Gasteiger partial charge is 0.486 e. The van der Waals surface area contributed by atoms with Crippen molar-refractivity contribution >= 4 is 11.4 Å². The van der Waals surface area contributed by atoms with Gasteiger partial charge in [0.2, 0.25) is 0 Å². The number of nitrogens with one attached hydrogen (secondary N) is 1.